The van der Waals surface area contributed by atoms with Crippen LogP contribution in [0.2, 0.25) is 0 Å². The fourth-order valence-corrected chi connectivity index (χ4v) is 4.07. The van der Waals surface area contributed by atoms with Crippen LogP contribution in [-0.4, -0.2) is 8.42 Å². The number of thiophene rings is 1. The second-order valence-electron chi connectivity index (χ2n) is 4.73. The SMILES string of the molecule is Cc1cc(CNS(=O)(=O)Cc2ccccc2N)sc1C. The molecule has 2 aromatic rings. The van der Waals surface area contributed by atoms with Crippen LogP contribution in [0.15, 0.2) is 30.3 Å². The van der Waals surface area contributed by atoms with Gasteiger partial charge in [0.1, 0.15) is 0 Å². The van der Waals surface area contributed by atoms with Gasteiger partial charge < -0.3 is 5.73 Å². The lowest BCUT2D eigenvalue weighted by molar-refractivity contribution is 0.581. The van der Waals surface area contributed by atoms with E-state index in [0.717, 1.165) is 4.88 Å². The highest BCUT2D eigenvalue weighted by atomic mass is 32.2. The minimum atomic E-state index is -3.38. The number of para-hydroxylation sites is 1. The lowest BCUT2D eigenvalue weighted by atomic mass is 10.2. The molecule has 3 N–H and O–H groups in total. The van der Waals surface area contributed by atoms with Crippen molar-refractivity contribution in [3.05, 3.63) is 51.2 Å². The van der Waals surface area contributed by atoms with Crippen molar-refractivity contribution in [2.24, 2.45) is 0 Å². The summed E-state index contributed by atoms with van der Waals surface area (Å²) in [5.74, 6) is -0.0942. The zero-order valence-corrected chi connectivity index (χ0v) is 13.1. The number of aryl methyl sites for hydroxylation is 2. The lowest BCUT2D eigenvalue weighted by Gasteiger charge is -2.07. The number of nitrogens with two attached hydrogens (primary N) is 1. The van der Waals surface area contributed by atoms with Gasteiger partial charge in [0.2, 0.25) is 10.0 Å². The van der Waals surface area contributed by atoms with Crippen molar-refractivity contribution in [2.45, 2.75) is 26.1 Å². The number of hydrogen-bond donors (Lipinski definition) is 2. The van der Waals surface area contributed by atoms with E-state index in [0.29, 0.717) is 17.8 Å². The Morgan fingerprint density at radius 3 is 2.55 bits per heavy atom. The maximum absolute atomic E-state index is 12.1. The molecule has 0 spiro atoms. The molecule has 0 bridgehead atoms. The molecule has 108 valence electrons. The van der Waals surface area contributed by atoms with Gasteiger partial charge in [0.05, 0.1) is 5.75 Å². The van der Waals surface area contributed by atoms with Gasteiger partial charge in [-0.25, -0.2) is 13.1 Å². The summed E-state index contributed by atoms with van der Waals surface area (Å²) in [7, 11) is -3.38. The van der Waals surface area contributed by atoms with Crippen molar-refractivity contribution < 1.29 is 8.42 Å². The summed E-state index contributed by atoms with van der Waals surface area (Å²) >= 11 is 1.61. The lowest BCUT2D eigenvalue weighted by Crippen LogP contribution is -2.24. The van der Waals surface area contributed by atoms with Crippen molar-refractivity contribution in [1.82, 2.24) is 4.72 Å². The number of hydrogen-bond acceptors (Lipinski definition) is 4. The largest absolute Gasteiger partial charge is 0.398 e. The summed E-state index contributed by atoms with van der Waals surface area (Å²) in [4.78, 5) is 2.23. The Bertz CT molecular complexity index is 686. The van der Waals surface area contributed by atoms with E-state index in [-0.39, 0.29) is 5.75 Å². The van der Waals surface area contributed by atoms with Crippen LogP contribution >= 0.6 is 11.3 Å². The van der Waals surface area contributed by atoms with Crippen molar-refractivity contribution in [1.29, 1.82) is 0 Å². The van der Waals surface area contributed by atoms with Crippen LogP contribution in [-0.2, 0) is 22.3 Å². The van der Waals surface area contributed by atoms with Crippen molar-refractivity contribution >= 4 is 27.0 Å². The third-order valence-electron chi connectivity index (χ3n) is 3.08. The van der Waals surface area contributed by atoms with Crippen LogP contribution in [0, 0.1) is 13.8 Å². The highest BCUT2D eigenvalue weighted by Gasteiger charge is 2.13. The third-order valence-corrected chi connectivity index (χ3v) is 5.51. The molecule has 20 heavy (non-hydrogen) atoms. The minimum absolute atomic E-state index is 0.0942. The second kappa shape index (κ2) is 5.95. The molecular formula is C14H18N2O2S2. The minimum Gasteiger partial charge on any atom is -0.398 e. The molecule has 0 saturated carbocycles. The molecule has 4 nitrogen and oxygen atoms in total. The van der Waals surface area contributed by atoms with Gasteiger partial charge in [-0.15, -0.1) is 11.3 Å². The molecule has 6 heteroatoms. The molecule has 2 rings (SSSR count). The molecule has 1 heterocycles. The summed E-state index contributed by atoms with van der Waals surface area (Å²) in [6.07, 6.45) is 0. The van der Waals surface area contributed by atoms with Gasteiger partial charge in [0.15, 0.2) is 0 Å². The summed E-state index contributed by atoms with van der Waals surface area (Å²) in [5, 5.41) is 0. The van der Waals surface area contributed by atoms with E-state index in [1.807, 2.05) is 19.9 Å². The standard InChI is InChI=1S/C14H18N2O2S2/c1-10-7-13(19-11(10)2)8-16-20(17,18)9-12-5-3-4-6-14(12)15/h3-7,16H,8-9,15H2,1-2H3. The van der Waals surface area contributed by atoms with Gasteiger partial charge in [-0.1, -0.05) is 18.2 Å². The van der Waals surface area contributed by atoms with E-state index in [1.165, 1.54) is 10.4 Å². The Balaban J connectivity index is 2.03. The van der Waals surface area contributed by atoms with E-state index in [1.54, 1.807) is 35.6 Å². The van der Waals surface area contributed by atoms with Crippen LogP contribution in [0.3, 0.4) is 0 Å². The Morgan fingerprint density at radius 2 is 1.95 bits per heavy atom. The van der Waals surface area contributed by atoms with E-state index >= 15 is 0 Å². The van der Waals surface area contributed by atoms with Crippen molar-refractivity contribution in [2.75, 3.05) is 5.73 Å². The highest BCUT2D eigenvalue weighted by molar-refractivity contribution is 7.88. The van der Waals surface area contributed by atoms with Crippen LogP contribution in [0.25, 0.3) is 0 Å². The molecule has 0 aliphatic heterocycles. The normalized spacial score (nSPS) is 11.7. The van der Waals surface area contributed by atoms with Gasteiger partial charge in [-0.3, -0.25) is 0 Å². The fourth-order valence-electron chi connectivity index (χ4n) is 1.84. The number of sulfonamides is 1. The zero-order chi connectivity index (χ0) is 14.8. The third kappa shape index (κ3) is 3.82. The van der Waals surface area contributed by atoms with Gasteiger partial charge in [0.25, 0.3) is 0 Å². The molecule has 1 aromatic heterocycles. The summed E-state index contributed by atoms with van der Waals surface area (Å²) < 4.78 is 26.7. The molecule has 0 aliphatic carbocycles. The first kappa shape index (κ1) is 15.0. The first-order chi connectivity index (χ1) is 9.37. The molecule has 0 unspecified atom stereocenters. The molecule has 0 amide bonds. The molecule has 1 aromatic carbocycles. The Kier molecular flexibility index (Phi) is 4.47. The highest BCUT2D eigenvalue weighted by Crippen LogP contribution is 2.21. The topological polar surface area (TPSA) is 72.2 Å². The smallest absolute Gasteiger partial charge is 0.216 e. The average molecular weight is 310 g/mol. The van der Waals surface area contributed by atoms with Crippen LogP contribution in [0.4, 0.5) is 5.69 Å². The van der Waals surface area contributed by atoms with Gasteiger partial charge >= 0.3 is 0 Å². The van der Waals surface area contributed by atoms with E-state index < -0.39 is 10.0 Å². The van der Waals surface area contributed by atoms with Gasteiger partial charge in [0, 0.05) is 22.0 Å². The summed E-state index contributed by atoms with van der Waals surface area (Å²) in [5.41, 5.74) is 8.08. The fraction of sp³-hybridized carbons (Fsp3) is 0.286. The zero-order valence-electron chi connectivity index (χ0n) is 11.5. The molecule has 0 atom stereocenters. The quantitative estimate of drug-likeness (QED) is 0.834. The van der Waals surface area contributed by atoms with Crippen molar-refractivity contribution in [3.8, 4) is 0 Å². The monoisotopic (exact) mass is 310 g/mol. The molecule has 0 saturated heterocycles. The number of anilines is 1. The predicted octanol–water partition coefficient (Wildman–Crippen LogP) is 2.57. The van der Waals surface area contributed by atoms with E-state index in [9.17, 15) is 8.42 Å². The van der Waals surface area contributed by atoms with Gasteiger partial charge in [-0.2, -0.15) is 0 Å². The van der Waals surface area contributed by atoms with Crippen LogP contribution in [0.1, 0.15) is 20.9 Å². The maximum atomic E-state index is 12.1. The number of nitrogens with one attached hydrogen (secondary N) is 1. The first-order valence-corrected chi connectivity index (χ1v) is 8.71. The second-order valence-corrected chi connectivity index (χ2v) is 7.88. The summed E-state index contributed by atoms with van der Waals surface area (Å²) in [6.45, 7) is 4.38. The van der Waals surface area contributed by atoms with Crippen molar-refractivity contribution in [3.63, 3.8) is 0 Å². The Morgan fingerprint density at radius 1 is 1.25 bits per heavy atom. The molecule has 0 aliphatic rings. The van der Waals surface area contributed by atoms with Crippen LogP contribution < -0.4 is 10.5 Å². The molecular weight excluding hydrogens is 292 g/mol. The Hall–Kier alpha value is -1.37. The van der Waals surface area contributed by atoms with Gasteiger partial charge in [-0.05, 0) is 37.1 Å². The van der Waals surface area contributed by atoms with Crippen LogP contribution in [0.5, 0.6) is 0 Å². The van der Waals surface area contributed by atoms with E-state index in [4.69, 9.17) is 5.73 Å². The number of benzene rings is 1. The predicted molar refractivity (Wildman–Crippen MR) is 84.1 cm³/mol. The van der Waals surface area contributed by atoms with E-state index in [2.05, 4.69) is 4.72 Å². The summed E-state index contributed by atoms with van der Waals surface area (Å²) in [6, 6.07) is 9.02. The molecule has 0 fully saturated rings. The first-order valence-electron chi connectivity index (χ1n) is 6.24. The maximum Gasteiger partial charge on any atom is 0.216 e. The Labute approximate surface area is 123 Å². The average Bonchev–Trinajstić information content (AvgIpc) is 2.69. The molecule has 0 radical (unpaired) electrons. The number of nitrogen functional groups attached to an aromatic ring is 1. The number of rotatable bonds is 5.